The second kappa shape index (κ2) is 13.5. The summed E-state index contributed by atoms with van der Waals surface area (Å²) in [6, 6.07) is 73.5. The van der Waals surface area contributed by atoms with E-state index in [-0.39, 0.29) is 10.8 Å². The predicted molar refractivity (Wildman–Crippen MR) is 260 cm³/mol. The van der Waals surface area contributed by atoms with Gasteiger partial charge in [-0.3, -0.25) is 0 Å². The van der Waals surface area contributed by atoms with Crippen LogP contribution >= 0.6 is 0 Å². The van der Waals surface area contributed by atoms with Crippen LogP contribution in [0.15, 0.2) is 205 Å². The molecule has 296 valence electrons. The van der Waals surface area contributed by atoms with Crippen LogP contribution in [0.5, 0.6) is 0 Å². The van der Waals surface area contributed by atoms with E-state index < -0.39 is 0 Å². The van der Waals surface area contributed by atoms with Gasteiger partial charge in [0.1, 0.15) is 11.2 Å². The first-order chi connectivity index (χ1) is 30.3. The van der Waals surface area contributed by atoms with Gasteiger partial charge < -0.3 is 9.32 Å². The van der Waals surface area contributed by atoms with Gasteiger partial charge >= 0.3 is 0 Å². The van der Waals surface area contributed by atoms with Crippen molar-refractivity contribution >= 4 is 39.0 Å². The van der Waals surface area contributed by atoms with E-state index in [9.17, 15) is 0 Å². The Morgan fingerprint density at radius 3 is 1.58 bits per heavy atom. The molecule has 12 rings (SSSR count). The monoisotopic (exact) mass is 795 g/mol. The molecule has 0 atom stereocenters. The van der Waals surface area contributed by atoms with Crippen molar-refractivity contribution in [3.63, 3.8) is 0 Å². The van der Waals surface area contributed by atoms with Crippen molar-refractivity contribution in [3.05, 3.63) is 222 Å². The number of rotatable bonds is 6. The number of benzene rings is 9. The molecule has 0 fully saturated rings. The minimum atomic E-state index is -0.149. The summed E-state index contributed by atoms with van der Waals surface area (Å²) in [5.41, 5.74) is 22.6. The van der Waals surface area contributed by atoms with Crippen LogP contribution in [0.3, 0.4) is 0 Å². The number of fused-ring (bicyclic) bond motifs is 10. The molecule has 0 aliphatic heterocycles. The van der Waals surface area contributed by atoms with Gasteiger partial charge in [-0.1, -0.05) is 179 Å². The summed E-state index contributed by atoms with van der Waals surface area (Å²) in [6.45, 7) is 9.41. The second-order valence-corrected chi connectivity index (χ2v) is 18.1. The highest BCUT2D eigenvalue weighted by Gasteiger charge is 2.38. The highest BCUT2D eigenvalue weighted by molar-refractivity contribution is 6.16. The summed E-state index contributed by atoms with van der Waals surface area (Å²) in [6.07, 6.45) is 0. The van der Waals surface area contributed by atoms with Gasteiger partial charge in [0.25, 0.3) is 0 Å². The van der Waals surface area contributed by atoms with Crippen LogP contribution in [-0.4, -0.2) is 0 Å². The average Bonchev–Trinajstić information content (AvgIpc) is 3.89. The van der Waals surface area contributed by atoms with Crippen molar-refractivity contribution in [2.75, 3.05) is 4.90 Å². The Hall–Kier alpha value is -7.42. The van der Waals surface area contributed by atoms with Gasteiger partial charge in [-0.15, -0.1) is 0 Å². The highest BCUT2D eigenvalue weighted by atomic mass is 16.3. The van der Waals surface area contributed by atoms with Crippen LogP contribution in [-0.2, 0) is 10.8 Å². The van der Waals surface area contributed by atoms with Gasteiger partial charge in [-0.25, -0.2) is 0 Å². The Morgan fingerprint density at radius 1 is 0.339 bits per heavy atom. The topological polar surface area (TPSA) is 16.4 Å². The predicted octanol–water partition coefficient (Wildman–Crippen LogP) is 16.7. The Bertz CT molecular complexity index is 3390. The van der Waals surface area contributed by atoms with Gasteiger partial charge in [-0.2, -0.15) is 0 Å². The van der Waals surface area contributed by atoms with Crippen LogP contribution in [0.4, 0.5) is 17.1 Å². The Morgan fingerprint density at radius 2 is 0.839 bits per heavy atom. The van der Waals surface area contributed by atoms with Crippen molar-refractivity contribution in [1.29, 1.82) is 0 Å². The molecular formula is C60H45NO. The van der Waals surface area contributed by atoms with Crippen molar-refractivity contribution in [2.45, 2.75) is 38.5 Å². The summed E-state index contributed by atoms with van der Waals surface area (Å²) < 4.78 is 6.69. The molecular weight excluding hydrogens is 751 g/mol. The normalized spacial score (nSPS) is 14.1. The average molecular weight is 796 g/mol. The van der Waals surface area contributed by atoms with Crippen molar-refractivity contribution in [2.24, 2.45) is 0 Å². The Labute approximate surface area is 363 Å². The molecule has 0 bridgehead atoms. The summed E-state index contributed by atoms with van der Waals surface area (Å²) in [5.74, 6) is 0. The standard InChI is InChI=1S/C60H45NO/c1-59(2)52-22-14-12-20-48(52)57-53(59)32-34-56-58(57)50-36-43(29-33-55(50)62-56)61(44-28-31-47-46-19-11-13-21-51(46)60(3,4)54(47)37-44)42-27-30-45(49(35-42)40-17-9-6-10-18-40)41-25-23-39(24-26-41)38-15-7-5-8-16-38/h5-37H,1-4H3. The van der Waals surface area contributed by atoms with Crippen molar-refractivity contribution in [1.82, 2.24) is 0 Å². The molecule has 0 saturated heterocycles. The van der Waals surface area contributed by atoms with E-state index in [1.807, 2.05) is 0 Å². The molecule has 1 heterocycles. The molecule has 0 amide bonds. The van der Waals surface area contributed by atoms with Crippen LogP contribution < -0.4 is 4.90 Å². The molecule has 2 nitrogen and oxygen atoms in total. The molecule has 2 aliphatic carbocycles. The fourth-order valence-corrected chi connectivity index (χ4v) is 10.7. The van der Waals surface area contributed by atoms with Crippen molar-refractivity contribution < 1.29 is 4.42 Å². The maximum Gasteiger partial charge on any atom is 0.136 e. The third kappa shape index (κ3) is 5.43. The summed E-state index contributed by atoms with van der Waals surface area (Å²) in [7, 11) is 0. The fraction of sp³-hybridized carbons (Fsp3) is 0.100. The van der Waals surface area contributed by atoms with Crippen LogP contribution in [0.25, 0.3) is 77.6 Å². The molecule has 0 spiro atoms. The Balaban J connectivity index is 1.08. The lowest BCUT2D eigenvalue weighted by molar-refractivity contribution is 0.656. The van der Waals surface area contributed by atoms with Gasteiger partial charge in [0.05, 0.1) is 0 Å². The summed E-state index contributed by atoms with van der Waals surface area (Å²) in [4.78, 5) is 2.45. The molecule has 62 heavy (non-hydrogen) atoms. The number of furan rings is 1. The smallest absolute Gasteiger partial charge is 0.136 e. The number of hydrogen-bond acceptors (Lipinski definition) is 2. The van der Waals surface area contributed by atoms with Gasteiger partial charge in [-0.05, 0) is 126 Å². The third-order valence-electron chi connectivity index (χ3n) is 13.9. The van der Waals surface area contributed by atoms with Crippen LogP contribution in [0.2, 0.25) is 0 Å². The zero-order valence-electron chi connectivity index (χ0n) is 35.4. The van der Waals surface area contributed by atoms with E-state index in [0.717, 1.165) is 33.6 Å². The molecule has 2 aliphatic rings. The van der Waals surface area contributed by atoms with E-state index in [1.54, 1.807) is 0 Å². The first kappa shape index (κ1) is 36.4. The first-order valence-corrected chi connectivity index (χ1v) is 21.8. The molecule has 9 aromatic carbocycles. The zero-order valence-corrected chi connectivity index (χ0v) is 35.4. The number of nitrogens with zero attached hydrogens (tertiary/aromatic N) is 1. The lowest BCUT2D eigenvalue weighted by Gasteiger charge is -2.29. The molecule has 0 unspecified atom stereocenters. The highest BCUT2D eigenvalue weighted by Crippen LogP contribution is 2.54. The number of anilines is 3. The maximum atomic E-state index is 6.69. The molecule has 0 radical (unpaired) electrons. The van der Waals surface area contributed by atoms with Gasteiger partial charge in [0.15, 0.2) is 0 Å². The Kier molecular flexibility index (Phi) is 7.96. The van der Waals surface area contributed by atoms with Gasteiger partial charge in [0, 0.05) is 38.7 Å². The van der Waals surface area contributed by atoms with Crippen molar-refractivity contribution in [3.8, 4) is 55.6 Å². The lowest BCUT2D eigenvalue weighted by atomic mass is 9.82. The molecule has 0 N–H and O–H groups in total. The first-order valence-electron chi connectivity index (χ1n) is 21.8. The lowest BCUT2D eigenvalue weighted by Crippen LogP contribution is -2.16. The minimum absolute atomic E-state index is 0.112. The van der Waals surface area contributed by atoms with E-state index in [1.165, 1.54) is 83.3 Å². The summed E-state index contributed by atoms with van der Waals surface area (Å²) in [5, 5.41) is 2.31. The SMILES string of the molecule is CC1(C)c2ccccc2-c2ccc(N(c3ccc(-c4ccc(-c5ccccc5)cc4)c(-c4ccccc4)c3)c3ccc4oc5ccc6c(c5c4c3)-c3ccccc3C6(C)C)cc21. The van der Waals surface area contributed by atoms with E-state index in [4.69, 9.17) is 4.42 Å². The molecule has 2 heteroatoms. The zero-order chi connectivity index (χ0) is 41.7. The van der Waals surface area contributed by atoms with Crippen LogP contribution in [0, 0.1) is 0 Å². The largest absolute Gasteiger partial charge is 0.456 e. The second-order valence-electron chi connectivity index (χ2n) is 18.1. The molecule has 1 aromatic heterocycles. The quantitative estimate of drug-likeness (QED) is 0.167. The van der Waals surface area contributed by atoms with E-state index >= 15 is 0 Å². The summed E-state index contributed by atoms with van der Waals surface area (Å²) >= 11 is 0. The number of hydrogen-bond donors (Lipinski definition) is 0. The maximum absolute atomic E-state index is 6.69. The van der Waals surface area contributed by atoms with Gasteiger partial charge in [0.2, 0.25) is 0 Å². The fourth-order valence-electron chi connectivity index (χ4n) is 10.7. The third-order valence-corrected chi connectivity index (χ3v) is 13.9. The van der Waals surface area contributed by atoms with E-state index in [2.05, 4.69) is 233 Å². The molecule has 10 aromatic rings. The van der Waals surface area contributed by atoms with E-state index in [0.29, 0.717) is 0 Å². The minimum Gasteiger partial charge on any atom is -0.456 e. The van der Waals surface area contributed by atoms with Crippen LogP contribution in [0.1, 0.15) is 49.9 Å². The molecule has 0 saturated carbocycles.